The van der Waals surface area contributed by atoms with Crippen LogP contribution in [0, 0.1) is 20.2 Å². The molecule has 0 atom stereocenters. The van der Waals surface area contributed by atoms with Gasteiger partial charge in [0.25, 0.3) is 16.6 Å². The summed E-state index contributed by atoms with van der Waals surface area (Å²) in [5, 5.41) is 26.0. The van der Waals surface area contributed by atoms with Gasteiger partial charge in [0.05, 0.1) is 15.9 Å². The third-order valence-electron chi connectivity index (χ3n) is 3.26. The standard InChI is InChI=1S/C15H9BrN4O5S/c16-11-3-1-10(2-4-11)14-17-15(25-18-14)26-8-9-5-12(19(21)22)7-13(6-9)20(23)24/h1-7H,8H2. The largest absolute Gasteiger partial charge is 0.327 e. The monoisotopic (exact) mass is 436 g/mol. The lowest BCUT2D eigenvalue weighted by Crippen LogP contribution is -1.95. The van der Waals surface area contributed by atoms with Crippen molar-refractivity contribution in [3.8, 4) is 11.4 Å². The van der Waals surface area contributed by atoms with Crippen LogP contribution in [0.15, 0.2) is 56.7 Å². The maximum atomic E-state index is 10.9. The van der Waals surface area contributed by atoms with Crippen molar-refractivity contribution >= 4 is 39.1 Å². The molecule has 2 aromatic carbocycles. The maximum Gasteiger partial charge on any atom is 0.286 e. The molecule has 0 N–H and O–H groups in total. The molecule has 26 heavy (non-hydrogen) atoms. The summed E-state index contributed by atoms with van der Waals surface area (Å²) in [6, 6.07) is 10.8. The topological polar surface area (TPSA) is 125 Å². The number of halogens is 1. The molecule has 0 fully saturated rings. The molecule has 0 spiro atoms. The Morgan fingerprint density at radius 2 is 1.65 bits per heavy atom. The molecule has 0 bridgehead atoms. The number of nitro benzene ring substituents is 2. The smallest absolute Gasteiger partial charge is 0.286 e. The van der Waals surface area contributed by atoms with Crippen molar-refractivity contribution in [2.45, 2.75) is 11.0 Å². The van der Waals surface area contributed by atoms with E-state index >= 15 is 0 Å². The van der Waals surface area contributed by atoms with Gasteiger partial charge in [-0.3, -0.25) is 20.2 Å². The first-order valence-corrected chi connectivity index (χ1v) is 8.85. The molecule has 132 valence electrons. The molecule has 0 saturated carbocycles. The summed E-state index contributed by atoms with van der Waals surface area (Å²) >= 11 is 4.48. The van der Waals surface area contributed by atoms with Crippen LogP contribution in [-0.4, -0.2) is 20.0 Å². The second-order valence-corrected chi connectivity index (χ2v) is 6.89. The first-order valence-electron chi connectivity index (χ1n) is 7.07. The van der Waals surface area contributed by atoms with Gasteiger partial charge in [0.2, 0.25) is 5.82 Å². The van der Waals surface area contributed by atoms with Crippen molar-refractivity contribution in [2.24, 2.45) is 0 Å². The van der Waals surface area contributed by atoms with Crippen molar-refractivity contribution in [1.82, 2.24) is 10.1 Å². The van der Waals surface area contributed by atoms with Gasteiger partial charge in [-0.25, -0.2) is 0 Å². The van der Waals surface area contributed by atoms with Crippen LogP contribution < -0.4 is 0 Å². The molecule has 0 aliphatic carbocycles. The minimum absolute atomic E-state index is 0.213. The molecular formula is C15H9BrN4O5S. The lowest BCUT2D eigenvalue weighted by atomic mass is 10.2. The van der Waals surface area contributed by atoms with Gasteiger partial charge in [-0.05, 0) is 29.8 Å². The molecule has 0 unspecified atom stereocenters. The van der Waals surface area contributed by atoms with E-state index in [1.54, 1.807) is 0 Å². The van der Waals surface area contributed by atoms with E-state index in [9.17, 15) is 20.2 Å². The fraction of sp³-hybridized carbons (Fsp3) is 0.0667. The van der Waals surface area contributed by atoms with Gasteiger partial charge in [0.15, 0.2) is 0 Å². The van der Waals surface area contributed by atoms with Crippen molar-refractivity contribution in [3.05, 3.63) is 72.7 Å². The summed E-state index contributed by atoms with van der Waals surface area (Å²) in [4.78, 5) is 24.7. The highest BCUT2D eigenvalue weighted by molar-refractivity contribution is 9.10. The summed E-state index contributed by atoms with van der Waals surface area (Å²) in [7, 11) is 0. The molecule has 0 aliphatic rings. The highest BCUT2D eigenvalue weighted by atomic mass is 79.9. The van der Waals surface area contributed by atoms with E-state index in [-0.39, 0.29) is 22.4 Å². The third-order valence-corrected chi connectivity index (χ3v) is 4.68. The van der Waals surface area contributed by atoms with Crippen molar-refractivity contribution in [1.29, 1.82) is 0 Å². The number of non-ortho nitro benzene ring substituents is 2. The molecule has 0 saturated heterocycles. The molecule has 0 aliphatic heterocycles. The molecule has 3 rings (SSSR count). The lowest BCUT2D eigenvalue weighted by molar-refractivity contribution is -0.394. The zero-order valence-corrected chi connectivity index (χ0v) is 15.3. The van der Waals surface area contributed by atoms with Gasteiger partial charge in [-0.2, -0.15) is 4.98 Å². The highest BCUT2D eigenvalue weighted by Crippen LogP contribution is 2.29. The fourth-order valence-corrected chi connectivity index (χ4v) is 3.04. The quantitative estimate of drug-likeness (QED) is 0.311. The second kappa shape index (κ2) is 7.62. The number of rotatable bonds is 6. The molecule has 1 aromatic heterocycles. The van der Waals surface area contributed by atoms with E-state index < -0.39 is 9.85 Å². The Kier molecular flexibility index (Phi) is 5.28. The molecule has 9 nitrogen and oxygen atoms in total. The van der Waals surface area contributed by atoms with E-state index in [0.29, 0.717) is 11.4 Å². The zero-order valence-electron chi connectivity index (χ0n) is 12.9. The van der Waals surface area contributed by atoms with Crippen LogP contribution in [-0.2, 0) is 5.75 Å². The van der Waals surface area contributed by atoms with Gasteiger partial charge in [0, 0.05) is 27.9 Å². The van der Waals surface area contributed by atoms with Crippen LogP contribution in [0.25, 0.3) is 11.4 Å². The SMILES string of the molecule is O=[N+]([O-])c1cc(CSc2nc(-c3ccc(Br)cc3)no2)cc([N+](=O)[O-])c1. The van der Waals surface area contributed by atoms with Crippen molar-refractivity contribution < 1.29 is 14.4 Å². The number of thioether (sulfide) groups is 1. The normalized spacial score (nSPS) is 10.7. The summed E-state index contributed by atoms with van der Waals surface area (Å²) in [5.41, 5.74) is 0.515. The van der Waals surface area contributed by atoms with Crippen LogP contribution in [0.1, 0.15) is 5.56 Å². The summed E-state index contributed by atoms with van der Waals surface area (Å²) in [6.45, 7) is 0. The van der Waals surface area contributed by atoms with Crippen molar-refractivity contribution in [2.75, 3.05) is 0 Å². The van der Waals surface area contributed by atoms with E-state index in [1.807, 2.05) is 24.3 Å². The Morgan fingerprint density at radius 3 is 2.23 bits per heavy atom. The maximum absolute atomic E-state index is 10.9. The minimum atomic E-state index is -0.667. The Balaban J connectivity index is 1.76. The van der Waals surface area contributed by atoms with E-state index in [0.717, 1.165) is 27.9 Å². The molecule has 11 heteroatoms. The molecule has 3 aromatic rings. The van der Waals surface area contributed by atoms with Crippen molar-refractivity contribution in [3.63, 3.8) is 0 Å². The first-order chi connectivity index (χ1) is 12.4. The second-order valence-electron chi connectivity index (χ2n) is 5.05. The van der Waals surface area contributed by atoms with Crippen LogP contribution >= 0.6 is 27.7 Å². The van der Waals surface area contributed by atoms with Crippen LogP contribution in [0.4, 0.5) is 11.4 Å². The number of nitro groups is 2. The molecular weight excluding hydrogens is 428 g/mol. The van der Waals surface area contributed by atoms with Crippen LogP contribution in [0.2, 0.25) is 0 Å². The number of benzene rings is 2. The van der Waals surface area contributed by atoms with E-state index in [1.165, 1.54) is 12.1 Å². The van der Waals surface area contributed by atoms with Gasteiger partial charge < -0.3 is 4.52 Å². The highest BCUT2D eigenvalue weighted by Gasteiger charge is 2.17. The number of hydrogen-bond acceptors (Lipinski definition) is 8. The Hall–Kier alpha value is -2.79. The Bertz CT molecular complexity index is 944. The third kappa shape index (κ3) is 4.24. The van der Waals surface area contributed by atoms with E-state index in [4.69, 9.17) is 4.52 Å². The van der Waals surface area contributed by atoms with E-state index in [2.05, 4.69) is 26.1 Å². The summed E-state index contributed by atoms with van der Waals surface area (Å²) < 4.78 is 6.07. The zero-order chi connectivity index (χ0) is 18.7. The Labute approximate surface area is 158 Å². The fourth-order valence-electron chi connectivity index (χ4n) is 2.08. The number of aromatic nitrogens is 2. The van der Waals surface area contributed by atoms with Gasteiger partial charge in [-0.1, -0.05) is 32.8 Å². The first kappa shape index (κ1) is 18.0. The lowest BCUT2D eigenvalue weighted by Gasteiger charge is -1.99. The van der Waals surface area contributed by atoms with Gasteiger partial charge >= 0.3 is 0 Å². The average molecular weight is 437 g/mol. The van der Waals surface area contributed by atoms with Crippen LogP contribution in [0.5, 0.6) is 0 Å². The number of hydrogen-bond donors (Lipinski definition) is 0. The molecule has 0 amide bonds. The minimum Gasteiger partial charge on any atom is -0.327 e. The predicted octanol–water partition coefficient (Wildman–Crippen LogP) is 4.61. The van der Waals surface area contributed by atoms with Gasteiger partial charge in [-0.15, -0.1) is 0 Å². The van der Waals surface area contributed by atoms with Gasteiger partial charge in [0.1, 0.15) is 0 Å². The predicted molar refractivity (Wildman–Crippen MR) is 96.7 cm³/mol. The summed E-state index contributed by atoms with van der Waals surface area (Å²) in [5.74, 6) is 0.620. The molecule has 1 heterocycles. The Morgan fingerprint density at radius 1 is 1.04 bits per heavy atom. The summed E-state index contributed by atoms with van der Waals surface area (Å²) in [6.07, 6.45) is 0. The molecule has 0 radical (unpaired) electrons. The number of nitrogens with zero attached hydrogens (tertiary/aromatic N) is 4. The average Bonchev–Trinajstić information content (AvgIpc) is 3.09. The van der Waals surface area contributed by atoms with Crippen LogP contribution in [0.3, 0.4) is 0 Å².